The molecule has 0 aromatic rings. The minimum atomic E-state index is 0.611. The summed E-state index contributed by atoms with van der Waals surface area (Å²) >= 11 is 3.60. The lowest BCUT2D eigenvalue weighted by Crippen LogP contribution is -2.18. The second-order valence-corrected chi connectivity index (χ2v) is 5.45. The highest BCUT2D eigenvalue weighted by Crippen LogP contribution is 2.41. The summed E-state index contributed by atoms with van der Waals surface area (Å²) in [7, 11) is 0. The third-order valence-electron chi connectivity index (χ3n) is 2.86. The highest BCUT2D eigenvalue weighted by Gasteiger charge is 2.40. The van der Waals surface area contributed by atoms with Crippen molar-refractivity contribution in [2.24, 2.45) is 5.92 Å². The molecule has 2 heterocycles. The fraction of sp³-hybridized carbons (Fsp3) is 1.00. The van der Waals surface area contributed by atoms with E-state index in [0.717, 1.165) is 5.92 Å². The first-order chi connectivity index (χ1) is 5.25. The lowest BCUT2D eigenvalue weighted by Gasteiger charge is -2.19. The molecule has 2 heteroatoms. The van der Waals surface area contributed by atoms with Crippen LogP contribution < -0.4 is 0 Å². The van der Waals surface area contributed by atoms with Gasteiger partial charge in [0.2, 0.25) is 0 Å². The Labute approximate surface area is 76.6 Å². The molecule has 2 aliphatic heterocycles. The molecule has 2 bridgehead atoms. The van der Waals surface area contributed by atoms with E-state index in [4.69, 9.17) is 4.74 Å². The molecule has 0 saturated carbocycles. The molecule has 64 valence electrons. The molecule has 0 amide bonds. The summed E-state index contributed by atoms with van der Waals surface area (Å²) in [6.45, 7) is 2.23. The van der Waals surface area contributed by atoms with E-state index >= 15 is 0 Å². The molecular formula is C9H15BrO. The molecule has 2 rings (SSSR count). The molecule has 1 nitrogen and oxygen atoms in total. The normalized spacial score (nSPS) is 44.7. The molecule has 4 unspecified atom stereocenters. The van der Waals surface area contributed by atoms with Crippen LogP contribution in [0.3, 0.4) is 0 Å². The van der Waals surface area contributed by atoms with Crippen LogP contribution in [0.5, 0.6) is 0 Å². The van der Waals surface area contributed by atoms with Gasteiger partial charge in [-0.1, -0.05) is 22.9 Å². The number of fused-ring (bicyclic) bond motifs is 2. The Morgan fingerprint density at radius 2 is 2.36 bits per heavy atom. The first-order valence-corrected chi connectivity index (χ1v) is 5.47. The zero-order valence-electron chi connectivity index (χ0n) is 6.92. The highest BCUT2D eigenvalue weighted by atomic mass is 79.9. The molecule has 2 fully saturated rings. The van der Waals surface area contributed by atoms with E-state index in [-0.39, 0.29) is 0 Å². The number of hydrogen-bond acceptors (Lipinski definition) is 1. The van der Waals surface area contributed by atoms with Crippen molar-refractivity contribution >= 4 is 15.9 Å². The third kappa shape index (κ3) is 1.62. The maximum Gasteiger partial charge on any atom is 0.0609 e. The van der Waals surface area contributed by atoms with Crippen LogP contribution in [0.2, 0.25) is 0 Å². The van der Waals surface area contributed by atoms with Crippen LogP contribution in [0, 0.1) is 5.92 Å². The Morgan fingerprint density at radius 3 is 2.82 bits per heavy atom. The van der Waals surface area contributed by atoms with E-state index in [0.29, 0.717) is 17.0 Å². The summed E-state index contributed by atoms with van der Waals surface area (Å²) in [5, 5.41) is 0. The summed E-state index contributed by atoms with van der Waals surface area (Å²) in [5.74, 6) is 0.850. The Morgan fingerprint density at radius 1 is 1.55 bits per heavy atom. The predicted octanol–water partition coefficient (Wildman–Crippen LogP) is 2.73. The van der Waals surface area contributed by atoms with Gasteiger partial charge in [0.05, 0.1) is 12.2 Å². The molecule has 2 aliphatic rings. The maximum atomic E-state index is 5.76. The minimum absolute atomic E-state index is 0.611. The van der Waals surface area contributed by atoms with Crippen molar-refractivity contribution in [3.05, 3.63) is 0 Å². The average Bonchev–Trinajstić information content (AvgIpc) is 2.45. The van der Waals surface area contributed by atoms with Gasteiger partial charge in [-0.3, -0.25) is 0 Å². The topological polar surface area (TPSA) is 9.23 Å². The van der Waals surface area contributed by atoms with Crippen molar-refractivity contribution in [1.29, 1.82) is 0 Å². The monoisotopic (exact) mass is 218 g/mol. The second kappa shape index (κ2) is 3.06. The lowest BCUT2D eigenvalue weighted by molar-refractivity contribution is 0.0914. The van der Waals surface area contributed by atoms with Crippen LogP contribution in [0.4, 0.5) is 0 Å². The van der Waals surface area contributed by atoms with Gasteiger partial charge in [-0.05, 0) is 31.6 Å². The molecule has 0 N–H and O–H groups in total. The summed E-state index contributed by atoms with van der Waals surface area (Å²) in [6.07, 6.45) is 6.48. The van der Waals surface area contributed by atoms with Crippen molar-refractivity contribution in [2.75, 3.05) is 0 Å². The summed E-state index contributed by atoms with van der Waals surface area (Å²) in [5.41, 5.74) is 0. The molecule has 11 heavy (non-hydrogen) atoms. The van der Waals surface area contributed by atoms with Gasteiger partial charge < -0.3 is 4.74 Å². The fourth-order valence-corrected chi connectivity index (χ4v) is 2.89. The van der Waals surface area contributed by atoms with Crippen molar-refractivity contribution in [3.8, 4) is 0 Å². The third-order valence-corrected chi connectivity index (χ3v) is 3.23. The Kier molecular flexibility index (Phi) is 2.24. The Hall–Kier alpha value is 0.440. The second-order valence-electron chi connectivity index (χ2n) is 3.89. The number of hydrogen-bond donors (Lipinski definition) is 0. The van der Waals surface area contributed by atoms with Crippen LogP contribution in [0.25, 0.3) is 0 Å². The van der Waals surface area contributed by atoms with Crippen molar-refractivity contribution in [3.63, 3.8) is 0 Å². The van der Waals surface area contributed by atoms with Crippen LogP contribution >= 0.6 is 15.9 Å². The molecule has 4 atom stereocenters. The standard InChI is InChI=1S/C9H15BrO/c1-6(10)4-7-5-8-2-3-9(7)11-8/h6-9H,2-5H2,1H3. The molecule has 0 aromatic carbocycles. The maximum absolute atomic E-state index is 5.76. The summed E-state index contributed by atoms with van der Waals surface area (Å²) in [6, 6.07) is 0. The molecule has 0 aromatic heterocycles. The van der Waals surface area contributed by atoms with Crippen molar-refractivity contribution < 1.29 is 4.74 Å². The van der Waals surface area contributed by atoms with E-state index in [2.05, 4.69) is 22.9 Å². The van der Waals surface area contributed by atoms with E-state index < -0.39 is 0 Å². The number of alkyl halides is 1. The number of halogens is 1. The van der Waals surface area contributed by atoms with Gasteiger partial charge in [-0.25, -0.2) is 0 Å². The molecule has 0 aliphatic carbocycles. The minimum Gasteiger partial charge on any atom is -0.375 e. The fourth-order valence-electron chi connectivity index (χ4n) is 2.41. The molecule has 2 saturated heterocycles. The number of ether oxygens (including phenoxy) is 1. The van der Waals surface area contributed by atoms with Gasteiger partial charge in [0, 0.05) is 4.83 Å². The quantitative estimate of drug-likeness (QED) is 0.649. The summed E-state index contributed by atoms with van der Waals surface area (Å²) in [4.78, 5) is 0.662. The molecule has 0 radical (unpaired) electrons. The van der Waals surface area contributed by atoms with E-state index in [9.17, 15) is 0 Å². The van der Waals surface area contributed by atoms with Gasteiger partial charge in [-0.15, -0.1) is 0 Å². The lowest BCUT2D eigenvalue weighted by atomic mass is 9.86. The van der Waals surface area contributed by atoms with Crippen LogP contribution in [-0.2, 0) is 4.74 Å². The average molecular weight is 219 g/mol. The van der Waals surface area contributed by atoms with Gasteiger partial charge in [0.25, 0.3) is 0 Å². The zero-order chi connectivity index (χ0) is 7.84. The largest absolute Gasteiger partial charge is 0.375 e. The van der Waals surface area contributed by atoms with Crippen LogP contribution in [0.15, 0.2) is 0 Å². The highest BCUT2D eigenvalue weighted by molar-refractivity contribution is 9.09. The Balaban J connectivity index is 1.87. The van der Waals surface area contributed by atoms with Crippen LogP contribution in [-0.4, -0.2) is 17.0 Å². The van der Waals surface area contributed by atoms with Gasteiger partial charge >= 0.3 is 0 Å². The van der Waals surface area contributed by atoms with E-state index in [1.165, 1.54) is 25.7 Å². The molecule has 0 spiro atoms. The zero-order valence-corrected chi connectivity index (χ0v) is 8.51. The van der Waals surface area contributed by atoms with Gasteiger partial charge in [0.15, 0.2) is 0 Å². The summed E-state index contributed by atoms with van der Waals surface area (Å²) < 4.78 is 5.76. The van der Waals surface area contributed by atoms with Crippen molar-refractivity contribution in [2.45, 2.75) is 49.6 Å². The first kappa shape index (κ1) is 8.06. The molecular weight excluding hydrogens is 204 g/mol. The van der Waals surface area contributed by atoms with Gasteiger partial charge in [-0.2, -0.15) is 0 Å². The first-order valence-electron chi connectivity index (χ1n) is 4.55. The smallest absolute Gasteiger partial charge is 0.0609 e. The van der Waals surface area contributed by atoms with Crippen LogP contribution in [0.1, 0.15) is 32.6 Å². The predicted molar refractivity (Wildman–Crippen MR) is 49.0 cm³/mol. The van der Waals surface area contributed by atoms with E-state index in [1.807, 2.05) is 0 Å². The van der Waals surface area contributed by atoms with Crippen molar-refractivity contribution in [1.82, 2.24) is 0 Å². The van der Waals surface area contributed by atoms with E-state index in [1.54, 1.807) is 0 Å². The SMILES string of the molecule is CC(Br)CC1CC2CCC1O2. The Bertz CT molecular complexity index is 146. The number of rotatable bonds is 2. The van der Waals surface area contributed by atoms with Gasteiger partial charge in [0.1, 0.15) is 0 Å².